The molecule has 1 aliphatic heterocycles. The fourth-order valence-electron chi connectivity index (χ4n) is 4.08. The van der Waals surface area contributed by atoms with E-state index in [4.69, 9.17) is 4.74 Å². The van der Waals surface area contributed by atoms with E-state index in [1.807, 2.05) is 24.3 Å². The van der Waals surface area contributed by atoms with Crippen LogP contribution in [0.25, 0.3) is 0 Å². The number of methoxy groups -OCH3 is 1. The predicted molar refractivity (Wildman–Crippen MR) is 84.5 cm³/mol. The van der Waals surface area contributed by atoms with Crippen LogP contribution < -0.4 is 4.74 Å². The van der Waals surface area contributed by atoms with E-state index in [2.05, 4.69) is 4.90 Å². The Morgan fingerprint density at radius 1 is 1.05 bits per heavy atom. The lowest BCUT2D eigenvalue weighted by Gasteiger charge is -2.40. The van der Waals surface area contributed by atoms with E-state index < -0.39 is 0 Å². The van der Waals surface area contributed by atoms with Crippen molar-refractivity contribution in [1.29, 1.82) is 0 Å². The molecule has 0 unspecified atom stereocenters. The van der Waals surface area contributed by atoms with E-state index in [1.54, 1.807) is 7.11 Å². The number of rotatable bonds is 4. The normalized spacial score (nSPS) is 28.5. The lowest BCUT2D eigenvalue weighted by atomic mass is 9.78. The summed E-state index contributed by atoms with van der Waals surface area (Å²) in [6.45, 7) is 2.44. The number of ether oxygens (including phenoxy) is 1. The summed E-state index contributed by atoms with van der Waals surface area (Å²) in [5.41, 5.74) is 1.03. The van der Waals surface area contributed by atoms with Gasteiger partial charge in [0.05, 0.1) is 13.2 Å². The first-order chi connectivity index (χ1) is 10.3. The van der Waals surface area contributed by atoms with Crippen molar-refractivity contribution in [3.05, 3.63) is 29.8 Å². The first-order valence-electron chi connectivity index (χ1n) is 8.35. The maximum Gasteiger partial charge on any atom is 0.118 e. The highest BCUT2D eigenvalue weighted by Crippen LogP contribution is 2.38. The van der Waals surface area contributed by atoms with Crippen molar-refractivity contribution in [1.82, 2.24) is 4.90 Å². The lowest BCUT2D eigenvalue weighted by molar-refractivity contribution is 0.0195. The lowest BCUT2D eigenvalue weighted by Crippen LogP contribution is -2.43. The van der Waals surface area contributed by atoms with Crippen LogP contribution in [0.1, 0.15) is 50.2 Å². The Morgan fingerprint density at radius 3 is 2.38 bits per heavy atom. The van der Waals surface area contributed by atoms with Crippen molar-refractivity contribution in [2.75, 3.05) is 20.2 Å². The van der Waals surface area contributed by atoms with Crippen molar-refractivity contribution in [3.8, 4) is 5.75 Å². The van der Waals surface area contributed by atoms with Crippen molar-refractivity contribution in [2.45, 2.75) is 50.7 Å². The molecule has 21 heavy (non-hydrogen) atoms. The summed E-state index contributed by atoms with van der Waals surface area (Å²) in [6, 6.07) is 8.50. The summed E-state index contributed by atoms with van der Waals surface area (Å²) in [4.78, 5) is 2.62. The van der Waals surface area contributed by atoms with E-state index in [9.17, 15) is 5.11 Å². The molecule has 3 nitrogen and oxygen atoms in total. The number of likely N-dealkylation sites (tertiary alicyclic amines) is 1. The van der Waals surface area contributed by atoms with Crippen LogP contribution in [0.3, 0.4) is 0 Å². The van der Waals surface area contributed by atoms with Crippen LogP contribution in [0.4, 0.5) is 0 Å². The summed E-state index contributed by atoms with van der Waals surface area (Å²) in [7, 11) is 1.68. The third-order valence-corrected chi connectivity index (χ3v) is 5.25. The van der Waals surface area contributed by atoms with Gasteiger partial charge in [0.25, 0.3) is 0 Å². The zero-order valence-corrected chi connectivity index (χ0v) is 13.0. The van der Waals surface area contributed by atoms with Gasteiger partial charge < -0.3 is 14.7 Å². The summed E-state index contributed by atoms with van der Waals surface area (Å²) >= 11 is 0. The second-order valence-corrected chi connectivity index (χ2v) is 6.48. The van der Waals surface area contributed by atoms with Crippen LogP contribution in [0.15, 0.2) is 24.3 Å². The van der Waals surface area contributed by atoms with Gasteiger partial charge in [0.2, 0.25) is 0 Å². The van der Waals surface area contributed by atoms with Crippen molar-refractivity contribution in [3.63, 3.8) is 0 Å². The average Bonchev–Trinajstić information content (AvgIpc) is 3.08. The minimum absolute atomic E-state index is 0.346. The quantitative estimate of drug-likeness (QED) is 0.922. The smallest absolute Gasteiger partial charge is 0.118 e. The molecule has 3 rings (SSSR count). The van der Waals surface area contributed by atoms with Gasteiger partial charge in [-0.1, -0.05) is 25.0 Å². The molecular weight excluding hydrogens is 262 g/mol. The highest BCUT2D eigenvalue weighted by molar-refractivity contribution is 5.29. The molecule has 1 saturated heterocycles. The standard InChI is InChI=1S/C18H27NO2/c1-21-15-10-8-14(9-11-15)18(20)16-6-2-3-7-17(16)19-12-4-5-13-19/h8-11,16-18,20H,2-7,12-13H2,1H3/t16-,17-,18-/m0/s1. The second-order valence-electron chi connectivity index (χ2n) is 6.48. The highest BCUT2D eigenvalue weighted by atomic mass is 16.5. The van der Waals surface area contributed by atoms with Gasteiger partial charge in [-0.3, -0.25) is 0 Å². The first kappa shape index (κ1) is 14.9. The second kappa shape index (κ2) is 6.80. The molecule has 116 valence electrons. The van der Waals surface area contributed by atoms with Crippen molar-refractivity contribution < 1.29 is 9.84 Å². The van der Waals surface area contributed by atoms with Crippen LogP contribution in [0.2, 0.25) is 0 Å². The minimum atomic E-state index is -0.346. The van der Waals surface area contributed by atoms with E-state index >= 15 is 0 Å². The molecule has 2 fully saturated rings. The largest absolute Gasteiger partial charge is 0.497 e. The first-order valence-corrected chi connectivity index (χ1v) is 8.35. The van der Waals surface area contributed by atoms with Crippen LogP contribution >= 0.6 is 0 Å². The maximum absolute atomic E-state index is 10.9. The van der Waals surface area contributed by atoms with E-state index in [-0.39, 0.29) is 6.10 Å². The van der Waals surface area contributed by atoms with E-state index in [0.717, 1.165) is 17.7 Å². The Bertz CT molecular complexity index is 439. The molecule has 1 heterocycles. The topological polar surface area (TPSA) is 32.7 Å². The number of aliphatic hydroxyl groups is 1. The Balaban J connectivity index is 1.74. The molecular formula is C18H27NO2. The maximum atomic E-state index is 10.9. The molecule has 2 aliphatic rings. The SMILES string of the molecule is COc1ccc([C@H](O)[C@H]2CCCC[C@@H]2N2CCCC2)cc1. The zero-order valence-electron chi connectivity index (χ0n) is 13.0. The van der Waals surface area contributed by atoms with Gasteiger partial charge in [-0.05, 0) is 56.5 Å². The molecule has 1 aromatic rings. The predicted octanol–water partition coefficient (Wildman–Crippen LogP) is 3.38. The highest BCUT2D eigenvalue weighted by Gasteiger charge is 2.36. The van der Waals surface area contributed by atoms with Crippen LogP contribution in [-0.4, -0.2) is 36.2 Å². The number of hydrogen-bond acceptors (Lipinski definition) is 3. The molecule has 3 atom stereocenters. The Labute approximate surface area is 127 Å². The van der Waals surface area contributed by atoms with Crippen molar-refractivity contribution >= 4 is 0 Å². The zero-order chi connectivity index (χ0) is 14.7. The van der Waals surface area contributed by atoms with Crippen LogP contribution in [-0.2, 0) is 0 Å². The van der Waals surface area contributed by atoms with E-state index in [1.165, 1.54) is 45.2 Å². The molecule has 3 heteroatoms. The molecule has 0 spiro atoms. The molecule has 0 aromatic heterocycles. The van der Waals surface area contributed by atoms with Gasteiger partial charge in [0.1, 0.15) is 5.75 Å². The van der Waals surface area contributed by atoms with Crippen molar-refractivity contribution in [2.24, 2.45) is 5.92 Å². The average molecular weight is 289 g/mol. The molecule has 1 aliphatic carbocycles. The molecule has 1 aromatic carbocycles. The summed E-state index contributed by atoms with van der Waals surface area (Å²) in [6.07, 6.45) is 7.26. The Morgan fingerprint density at radius 2 is 1.71 bits per heavy atom. The van der Waals surface area contributed by atoms with Gasteiger partial charge in [0.15, 0.2) is 0 Å². The fraction of sp³-hybridized carbons (Fsp3) is 0.667. The van der Waals surface area contributed by atoms with Gasteiger partial charge in [-0.25, -0.2) is 0 Å². The van der Waals surface area contributed by atoms with Gasteiger partial charge >= 0.3 is 0 Å². The molecule has 0 radical (unpaired) electrons. The van der Waals surface area contributed by atoms with Gasteiger partial charge in [-0.2, -0.15) is 0 Å². The number of hydrogen-bond donors (Lipinski definition) is 1. The van der Waals surface area contributed by atoms with Gasteiger partial charge in [0, 0.05) is 12.0 Å². The summed E-state index contributed by atoms with van der Waals surface area (Å²) in [5.74, 6) is 1.23. The van der Waals surface area contributed by atoms with Crippen LogP contribution in [0, 0.1) is 5.92 Å². The summed E-state index contributed by atoms with van der Waals surface area (Å²) in [5, 5.41) is 10.9. The molecule has 0 amide bonds. The van der Waals surface area contributed by atoms with E-state index in [0.29, 0.717) is 12.0 Å². The van der Waals surface area contributed by atoms with Crippen LogP contribution in [0.5, 0.6) is 5.75 Å². The summed E-state index contributed by atoms with van der Waals surface area (Å²) < 4.78 is 5.21. The third kappa shape index (κ3) is 3.24. The molecule has 1 saturated carbocycles. The monoisotopic (exact) mass is 289 g/mol. The molecule has 0 bridgehead atoms. The minimum Gasteiger partial charge on any atom is -0.497 e. The van der Waals surface area contributed by atoms with Gasteiger partial charge in [-0.15, -0.1) is 0 Å². The number of nitrogens with zero attached hydrogens (tertiary/aromatic N) is 1. The number of aliphatic hydroxyl groups excluding tert-OH is 1. The third-order valence-electron chi connectivity index (χ3n) is 5.25. The molecule has 1 N–H and O–H groups in total. The Hall–Kier alpha value is -1.06. The fourth-order valence-corrected chi connectivity index (χ4v) is 4.08. The Kier molecular flexibility index (Phi) is 4.81. The number of benzene rings is 1.